The van der Waals surface area contributed by atoms with E-state index in [1.165, 1.54) is 25.5 Å². The molecule has 2 rings (SSSR count). The molecule has 0 saturated heterocycles. The molecule has 0 aliphatic carbocycles. The molecule has 26 heavy (non-hydrogen) atoms. The Balaban J connectivity index is 1.88. The number of rotatable bonds is 8. The lowest BCUT2D eigenvalue weighted by Gasteiger charge is -2.07. The number of carbonyl (C=O) groups excluding carboxylic acids is 2. The van der Waals surface area contributed by atoms with Crippen molar-refractivity contribution in [2.45, 2.75) is 0 Å². The molecule has 0 aromatic heterocycles. The summed E-state index contributed by atoms with van der Waals surface area (Å²) in [5.74, 6) is 0.307. The lowest BCUT2D eigenvalue weighted by atomic mass is 10.2. The van der Waals surface area contributed by atoms with Crippen molar-refractivity contribution in [1.29, 1.82) is 0 Å². The van der Waals surface area contributed by atoms with Gasteiger partial charge >= 0.3 is 0 Å². The van der Waals surface area contributed by atoms with Crippen molar-refractivity contribution in [2.24, 2.45) is 10.9 Å². The van der Waals surface area contributed by atoms with Crippen LogP contribution in [0.5, 0.6) is 11.5 Å². The molecule has 2 aromatic rings. The molecule has 0 spiro atoms. The van der Waals surface area contributed by atoms with Crippen molar-refractivity contribution < 1.29 is 23.9 Å². The second kappa shape index (κ2) is 9.07. The Morgan fingerprint density at radius 1 is 1.12 bits per heavy atom. The fourth-order valence-corrected chi connectivity index (χ4v) is 2.05. The van der Waals surface area contributed by atoms with Crippen molar-refractivity contribution in [2.75, 3.05) is 26.1 Å². The number of carbonyl (C=O) groups is 2. The van der Waals surface area contributed by atoms with Gasteiger partial charge in [-0.25, -0.2) is 0 Å². The maximum atomic E-state index is 11.8. The highest BCUT2D eigenvalue weighted by Gasteiger charge is 2.05. The van der Waals surface area contributed by atoms with E-state index < -0.39 is 11.8 Å². The van der Waals surface area contributed by atoms with Gasteiger partial charge < -0.3 is 25.4 Å². The third-order valence-corrected chi connectivity index (χ3v) is 3.35. The van der Waals surface area contributed by atoms with Gasteiger partial charge in [0.1, 0.15) is 11.5 Å². The summed E-state index contributed by atoms with van der Waals surface area (Å²) in [5, 5.41) is 6.37. The van der Waals surface area contributed by atoms with Crippen LogP contribution in [0, 0.1) is 0 Å². The standard InChI is InChI=1S/C18H19N3O5/c1-24-15-7-8-16(25-2)13(9-15)10-20-26-11-17(22)21-14-5-3-12(4-6-14)18(19)23/h3-10H,11H2,1-2H3,(H2,19,23)(H,21,22)/b20-10-. The normalized spacial score (nSPS) is 10.4. The van der Waals surface area contributed by atoms with Crippen molar-refractivity contribution >= 4 is 23.7 Å². The smallest absolute Gasteiger partial charge is 0.265 e. The summed E-state index contributed by atoms with van der Waals surface area (Å²) >= 11 is 0. The maximum absolute atomic E-state index is 11.8. The van der Waals surface area contributed by atoms with Crippen LogP contribution in [0.15, 0.2) is 47.6 Å². The Morgan fingerprint density at radius 3 is 2.46 bits per heavy atom. The number of primary amides is 1. The van der Waals surface area contributed by atoms with E-state index in [1.807, 2.05) is 0 Å². The van der Waals surface area contributed by atoms with E-state index >= 15 is 0 Å². The van der Waals surface area contributed by atoms with Crippen LogP contribution in [0.2, 0.25) is 0 Å². The van der Waals surface area contributed by atoms with E-state index in [0.29, 0.717) is 28.3 Å². The zero-order valence-corrected chi connectivity index (χ0v) is 14.4. The first-order chi connectivity index (χ1) is 12.5. The molecule has 136 valence electrons. The van der Waals surface area contributed by atoms with Gasteiger partial charge in [-0.1, -0.05) is 5.16 Å². The second-order valence-corrected chi connectivity index (χ2v) is 5.11. The Bertz CT molecular complexity index is 803. The van der Waals surface area contributed by atoms with E-state index in [9.17, 15) is 9.59 Å². The zero-order chi connectivity index (χ0) is 18.9. The molecule has 0 radical (unpaired) electrons. The van der Waals surface area contributed by atoms with Crippen LogP contribution in [0.25, 0.3) is 0 Å². The predicted molar refractivity (Wildman–Crippen MR) is 96.7 cm³/mol. The summed E-state index contributed by atoms with van der Waals surface area (Å²) in [6.45, 7) is -0.277. The quantitative estimate of drug-likeness (QED) is 0.552. The van der Waals surface area contributed by atoms with Gasteiger partial charge in [0.2, 0.25) is 5.91 Å². The zero-order valence-electron chi connectivity index (χ0n) is 14.4. The van der Waals surface area contributed by atoms with Gasteiger partial charge in [-0.3, -0.25) is 9.59 Å². The highest BCUT2D eigenvalue weighted by Crippen LogP contribution is 2.22. The Labute approximate surface area is 150 Å². The van der Waals surface area contributed by atoms with E-state index in [4.69, 9.17) is 20.0 Å². The number of anilines is 1. The Morgan fingerprint density at radius 2 is 1.85 bits per heavy atom. The van der Waals surface area contributed by atoms with Gasteiger partial charge in [0.25, 0.3) is 5.91 Å². The Kier molecular flexibility index (Phi) is 6.55. The Hall–Kier alpha value is -3.55. The van der Waals surface area contributed by atoms with Crippen LogP contribution >= 0.6 is 0 Å². The molecule has 2 amide bonds. The van der Waals surface area contributed by atoms with Crippen LogP contribution in [0.1, 0.15) is 15.9 Å². The van der Waals surface area contributed by atoms with Crippen molar-refractivity contribution in [1.82, 2.24) is 0 Å². The van der Waals surface area contributed by atoms with E-state index in [2.05, 4.69) is 10.5 Å². The number of methoxy groups -OCH3 is 2. The second-order valence-electron chi connectivity index (χ2n) is 5.11. The summed E-state index contributed by atoms with van der Waals surface area (Å²) in [7, 11) is 3.09. The molecule has 0 bridgehead atoms. The number of hydrogen-bond acceptors (Lipinski definition) is 6. The first-order valence-corrected chi connectivity index (χ1v) is 7.60. The van der Waals surface area contributed by atoms with Crippen LogP contribution in [0.4, 0.5) is 5.69 Å². The fourth-order valence-electron chi connectivity index (χ4n) is 2.05. The summed E-state index contributed by atoms with van der Waals surface area (Å²) in [4.78, 5) is 27.8. The van der Waals surface area contributed by atoms with Gasteiger partial charge in [-0.05, 0) is 42.5 Å². The van der Waals surface area contributed by atoms with Crippen LogP contribution < -0.4 is 20.5 Å². The predicted octanol–water partition coefficient (Wildman–Crippen LogP) is 1.79. The molecule has 0 aliphatic heterocycles. The van der Waals surface area contributed by atoms with Gasteiger partial charge in [-0.2, -0.15) is 0 Å². The first kappa shape index (κ1) is 18.8. The number of nitrogens with two attached hydrogens (primary N) is 1. The molecule has 0 aliphatic rings. The largest absolute Gasteiger partial charge is 0.497 e. The van der Waals surface area contributed by atoms with Crippen LogP contribution in [-0.4, -0.2) is 38.9 Å². The molecule has 0 saturated carbocycles. The molecular formula is C18H19N3O5. The van der Waals surface area contributed by atoms with Crippen LogP contribution in [-0.2, 0) is 9.63 Å². The number of nitrogens with one attached hydrogen (secondary N) is 1. The third-order valence-electron chi connectivity index (χ3n) is 3.35. The monoisotopic (exact) mass is 357 g/mol. The molecule has 0 unspecified atom stereocenters. The molecule has 8 heteroatoms. The molecule has 8 nitrogen and oxygen atoms in total. The number of oxime groups is 1. The average Bonchev–Trinajstić information content (AvgIpc) is 2.65. The van der Waals surface area contributed by atoms with Gasteiger partial charge in [-0.15, -0.1) is 0 Å². The summed E-state index contributed by atoms with van der Waals surface area (Å²) in [6, 6.07) is 11.4. The molecule has 0 heterocycles. The van der Waals surface area contributed by atoms with Crippen molar-refractivity contribution in [3.63, 3.8) is 0 Å². The lowest BCUT2D eigenvalue weighted by molar-refractivity contribution is -0.120. The summed E-state index contributed by atoms with van der Waals surface area (Å²) in [6.07, 6.45) is 1.43. The minimum atomic E-state index is -0.534. The fraction of sp³-hybridized carbons (Fsp3) is 0.167. The van der Waals surface area contributed by atoms with Crippen molar-refractivity contribution in [3.8, 4) is 11.5 Å². The van der Waals surface area contributed by atoms with Gasteiger partial charge in [0, 0.05) is 16.8 Å². The molecule has 0 atom stereocenters. The molecular weight excluding hydrogens is 338 g/mol. The third kappa shape index (κ3) is 5.23. The summed E-state index contributed by atoms with van der Waals surface area (Å²) < 4.78 is 10.4. The number of hydrogen-bond donors (Lipinski definition) is 2. The first-order valence-electron chi connectivity index (χ1n) is 7.60. The molecule has 0 fully saturated rings. The SMILES string of the molecule is COc1ccc(OC)c(/C=N\OCC(=O)Nc2ccc(C(N)=O)cc2)c1. The lowest BCUT2D eigenvalue weighted by Crippen LogP contribution is -2.17. The van der Waals surface area contributed by atoms with Gasteiger partial charge in [0.15, 0.2) is 6.61 Å². The topological polar surface area (TPSA) is 112 Å². The summed E-state index contributed by atoms with van der Waals surface area (Å²) in [5.41, 5.74) is 6.67. The van der Waals surface area contributed by atoms with Crippen LogP contribution in [0.3, 0.4) is 0 Å². The maximum Gasteiger partial charge on any atom is 0.265 e. The van der Waals surface area contributed by atoms with E-state index in [0.717, 1.165) is 0 Å². The average molecular weight is 357 g/mol. The number of nitrogens with zero attached hydrogens (tertiary/aromatic N) is 1. The van der Waals surface area contributed by atoms with E-state index in [-0.39, 0.29) is 6.61 Å². The van der Waals surface area contributed by atoms with E-state index in [1.54, 1.807) is 37.4 Å². The molecule has 3 N–H and O–H groups in total. The highest BCUT2D eigenvalue weighted by molar-refractivity contribution is 5.95. The van der Waals surface area contributed by atoms with Gasteiger partial charge in [0.05, 0.1) is 20.4 Å². The minimum Gasteiger partial charge on any atom is -0.497 e. The number of ether oxygens (including phenoxy) is 2. The minimum absolute atomic E-state index is 0.277. The number of amides is 2. The molecule has 2 aromatic carbocycles. The number of benzene rings is 2. The van der Waals surface area contributed by atoms with Crippen molar-refractivity contribution in [3.05, 3.63) is 53.6 Å². The highest BCUT2D eigenvalue weighted by atomic mass is 16.6.